The summed E-state index contributed by atoms with van der Waals surface area (Å²) in [5, 5.41) is 2.99. The Labute approximate surface area is 65.0 Å². The van der Waals surface area contributed by atoms with E-state index in [1.165, 1.54) is 6.42 Å². The van der Waals surface area contributed by atoms with E-state index in [4.69, 9.17) is 0 Å². The standard InChI is InChI=1S/C9H14S/c1-4-6-9-7-5-8-10(9,2)3/h5,8-9H,7H2,1-3H3. The summed E-state index contributed by atoms with van der Waals surface area (Å²) in [6, 6.07) is 0. The van der Waals surface area contributed by atoms with Gasteiger partial charge in [0, 0.05) is 0 Å². The largest absolute Gasteiger partial charge is 0.213 e. The van der Waals surface area contributed by atoms with Crippen molar-refractivity contribution >= 4 is 10.0 Å². The first-order chi connectivity index (χ1) is 4.67. The zero-order valence-corrected chi connectivity index (χ0v) is 7.66. The van der Waals surface area contributed by atoms with Crippen molar-refractivity contribution in [2.45, 2.75) is 18.6 Å². The quantitative estimate of drug-likeness (QED) is 0.470. The van der Waals surface area contributed by atoms with Gasteiger partial charge in [-0.15, -0.1) is 5.92 Å². The molecule has 0 spiro atoms. The summed E-state index contributed by atoms with van der Waals surface area (Å²) >= 11 is 0. The van der Waals surface area contributed by atoms with Crippen molar-refractivity contribution in [3.05, 3.63) is 11.5 Å². The fourth-order valence-electron chi connectivity index (χ4n) is 1.14. The topological polar surface area (TPSA) is 0 Å². The van der Waals surface area contributed by atoms with Crippen LogP contribution in [0.2, 0.25) is 0 Å². The highest BCUT2D eigenvalue weighted by Gasteiger charge is 2.23. The van der Waals surface area contributed by atoms with Crippen LogP contribution in [0.15, 0.2) is 11.5 Å². The molecule has 1 aliphatic heterocycles. The maximum Gasteiger partial charge on any atom is 0.0566 e. The summed E-state index contributed by atoms with van der Waals surface area (Å²) in [4.78, 5) is 0. The Balaban J connectivity index is 2.72. The first kappa shape index (κ1) is 7.75. The first-order valence-electron chi connectivity index (χ1n) is 3.48. The molecular formula is C9H14S. The van der Waals surface area contributed by atoms with Gasteiger partial charge in [0.05, 0.1) is 5.25 Å². The Morgan fingerprint density at radius 3 is 2.60 bits per heavy atom. The van der Waals surface area contributed by atoms with E-state index < -0.39 is 10.0 Å². The lowest BCUT2D eigenvalue weighted by Gasteiger charge is -2.27. The van der Waals surface area contributed by atoms with Gasteiger partial charge < -0.3 is 0 Å². The Kier molecular flexibility index (Phi) is 2.11. The molecule has 0 amide bonds. The molecule has 1 unspecified atom stereocenters. The molecule has 1 heteroatoms. The Bertz CT molecular complexity index is 203. The van der Waals surface area contributed by atoms with E-state index in [1.807, 2.05) is 6.92 Å². The van der Waals surface area contributed by atoms with E-state index in [9.17, 15) is 0 Å². The maximum atomic E-state index is 3.26. The summed E-state index contributed by atoms with van der Waals surface area (Å²) in [7, 11) is -0.503. The average molecular weight is 154 g/mol. The number of rotatable bonds is 0. The number of hydrogen-bond acceptors (Lipinski definition) is 0. The van der Waals surface area contributed by atoms with Crippen molar-refractivity contribution in [1.29, 1.82) is 0 Å². The van der Waals surface area contributed by atoms with Crippen LogP contribution < -0.4 is 0 Å². The lowest BCUT2D eigenvalue weighted by atomic mass is 10.3. The molecule has 0 aromatic carbocycles. The van der Waals surface area contributed by atoms with Gasteiger partial charge in [-0.25, -0.2) is 10.0 Å². The minimum absolute atomic E-state index is 0.503. The number of hydrogen-bond donors (Lipinski definition) is 0. The third kappa shape index (κ3) is 1.38. The molecule has 0 aromatic rings. The second-order valence-corrected chi connectivity index (χ2v) is 6.79. The van der Waals surface area contributed by atoms with Gasteiger partial charge in [-0.1, -0.05) is 17.4 Å². The Morgan fingerprint density at radius 2 is 2.20 bits per heavy atom. The summed E-state index contributed by atoms with van der Waals surface area (Å²) < 4.78 is 0. The second-order valence-electron chi connectivity index (χ2n) is 2.98. The molecule has 1 aliphatic rings. The zero-order valence-electron chi connectivity index (χ0n) is 6.85. The molecule has 0 aromatic heterocycles. The fraction of sp³-hybridized carbons (Fsp3) is 0.556. The van der Waals surface area contributed by atoms with Crippen molar-refractivity contribution in [3.63, 3.8) is 0 Å². The van der Waals surface area contributed by atoms with Crippen molar-refractivity contribution in [2.24, 2.45) is 0 Å². The molecule has 56 valence electrons. The van der Waals surface area contributed by atoms with E-state index in [-0.39, 0.29) is 0 Å². The van der Waals surface area contributed by atoms with Crippen LogP contribution in [0.1, 0.15) is 13.3 Å². The molecule has 0 N–H and O–H groups in total. The molecule has 0 saturated heterocycles. The van der Waals surface area contributed by atoms with E-state index in [0.717, 1.165) is 0 Å². The van der Waals surface area contributed by atoms with E-state index in [2.05, 4.69) is 35.8 Å². The predicted molar refractivity (Wildman–Crippen MR) is 50.4 cm³/mol. The van der Waals surface area contributed by atoms with Gasteiger partial charge in [0.15, 0.2) is 0 Å². The van der Waals surface area contributed by atoms with Crippen LogP contribution in [0.25, 0.3) is 0 Å². The highest BCUT2D eigenvalue weighted by Crippen LogP contribution is 2.52. The van der Waals surface area contributed by atoms with Crippen LogP contribution in [-0.4, -0.2) is 17.8 Å². The maximum absolute atomic E-state index is 3.26. The van der Waals surface area contributed by atoms with Crippen LogP contribution in [0.5, 0.6) is 0 Å². The van der Waals surface area contributed by atoms with E-state index in [1.54, 1.807) is 0 Å². The molecular weight excluding hydrogens is 140 g/mol. The van der Waals surface area contributed by atoms with E-state index in [0.29, 0.717) is 5.25 Å². The molecule has 0 fully saturated rings. The SMILES string of the molecule is CC#CC1CC=CS1(C)C. The second kappa shape index (κ2) is 2.72. The molecule has 0 nitrogen and oxygen atoms in total. The molecule has 0 radical (unpaired) electrons. The van der Waals surface area contributed by atoms with Crippen molar-refractivity contribution in [3.8, 4) is 11.8 Å². The summed E-state index contributed by atoms with van der Waals surface area (Å²) in [6.45, 7) is 1.92. The molecule has 0 aliphatic carbocycles. The minimum atomic E-state index is -0.503. The molecule has 0 bridgehead atoms. The van der Waals surface area contributed by atoms with Gasteiger partial charge in [0.25, 0.3) is 0 Å². The molecule has 1 rings (SSSR count). The van der Waals surface area contributed by atoms with Gasteiger partial charge in [-0.05, 0) is 25.9 Å². The minimum Gasteiger partial charge on any atom is -0.213 e. The Morgan fingerprint density at radius 1 is 1.50 bits per heavy atom. The normalized spacial score (nSPS) is 30.9. The van der Waals surface area contributed by atoms with Gasteiger partial charge in [-0.2, -0.15) is 0 Å². The van der Waals surface area contributed by atoms with Crippen molar-refractivity contribution in [1.82, 2.24) is 0 Å². The average Bonchev–Trinajstić information content (AvgIpc) is 2.13. The monoisotopic (exact) mass is 154 g/mol. The van der Waals surface area contributed by atoms with Gasteiger partial charge in [-0.3, -0.25) is 0 Å². The highest BCUT2D eigenvalue weighted by atomic mass is 32.3. The van der Waals surface area contributed by atoms with Gasteiger partial charge >= 0.3 is 0 Å². The molecule has 1 atom stereocenters. The highest BCUT2D eigenvalue weighted by molar-refractivity contribution is 8.35. The van der Waals surface area contributed by atoms with Crippen LogP contribution in [0.4, 0.5) is 0 Å². The van der Waals surface area contributed by atoms with Crippen molar-refractivity contribution in [2.75, 3.05) is 12.5 Å². The summed E-state index contributed by atoms with van der Waals surface area (Å²) in [6.07, 6.45) is 8.09. The van der Waals surface area contributed by atoms with Crippen LogP contribution in [0, 0.1) is 11.8 Å². The first-order valence-corrected chi connectivity index (χ1v) is 6.05. The van der Waals surface area contributed by atoms with Crippen LogP contribution in [-0.2, 0) is 0 Å². The van der Waals surface area contributed by atoms with E-state index >= 15 is 0 Å². The smallest absolute Gasteiger partial charge is 0.0566 e. The lowest BCUT2D eigenvalue weighted by Crippen LogP contribution is -2.06. The predicted octanol–water partition coefficient (Wildman–Crippen LogP) is 2.36. The van der Waals surface area contributed by atoms with Crippen molar-refractivity contribution < 1.29 is 0 Å². The van der Waals surface area contributed by atoms with Crippen LogP contribution >= 0.6 is 10.0 Å². The zero-order chi connectivity index (χ0) is 7.61. The molecule has 0 saturated carbocycles. The van der Waals surface area contributed by atoms with Crippen LogP contribution in [0.3, 0.4) is 0 Å². The van der Waals surface area contributed by atoms with Gasteiger partial charge in [0.2, 0.25) is 0 Å². The third-order valence-electron chi connectivity index (χ3n) is 1.84. The summed E-state index contributed by atoms with van der Waals surface area (Å²) in [5.41, 5.74) is 0. The number of allylic oxidation sites excluding steroid dienone is 1. The lowest BCUT2D eigenvalue weighted by molar-refractivity contribution is 1.12. The Hall–Kier alpha value is -0.350. The van der Waals surface area contributed by atoms with Gasteiger partial charge in [0.1, 0.15) is 0 Å². The molecule has 10 heavy (non-hydrogen) atoms. The molecule has 1 heterocycles. The fourth-order valence-corrected chi connectivity index (χ4v) is 2.97. The summed E-state index contributed by atoms with van der Waals surface area (Å²) in [5.74, 6) is 6.26. The third-order valence-corrected chi connectivity index (χ3v) is 4.51.